The van der Waals surface area contributed by atoms with E-state index in [9.17, 15) is 9.90 Å². The molecule has 0 unspecified atom stereocenters. The van der Waals surface area contributed by atoms with Gasteiger partial charge in [-0.15, -0.1) is 5.10 Å². The summed E-state index contributed by atoms with van der Waals surface area (Å²) in [6.45, 7) is 15.2. The number of nitrogens with zero attached hydrogens (tertiary/aromatic N) is 7. The molecule has 3 aromatic rings. The molecule has 1 amide bonds. The first kappa shape index (κ1) is 27.2. The summed E-state index contributed by atoms with van der Waals surface area (Å²) in [6.07, 6.45) is 1.55. The van der Waals surface area contributed by atoms with Crippen molar-refractivity contribution in [3.8, 4) is 11.6 Å². The van der Waals surface area contributed by atoms with E-state index in [2.05, 4.69) is 36.1 Å². The predicted molar refractivity (Wildman–Crippen MR) is 140 cm³/mol. The standard InChI is InChI=1S/C25H35N9O4/c1-24(2,3)16-11-15(12-17(20(16)35)25(4,5)6)13-27-29-23(36)19-18(14-33-7-9-37-10-8-33)28-32-34(19)22-21(26)30-38-31-22/h11-13,35H,7-10,14H2,1-6H3,(H2,26,30)(H,29,36)/b27-13-. The molecule has 4 rings (SSSR count). The summed E-state index contributed by atoms with van der Waals surface area (Å²) in [5.41, 5.74) is 10.7. The molecule has 1 aromatic carbocycles. The lowest BCUT2D eigenvalue weighted by Crippen LogP contribution is -2.36. The molecule has 3 heterocycles. The van der Waals surface area contributed by atoms with Crippen molar-refractivity contribution in [1.82, 2.24) is 35.6 Å². The summed E-state index contributed by atoms with van der Waals surface area (Å²) in [5, 5.41) is 30.8. The van der Waals surface area contributed by atoms with Gasteiger partial charge in [0.05, 0.1) is 19.4 Å². The van der Waals surface area contributed by atoms with E-state index >= 15 is 0 Å². The average Bonchev–Trinajstić information content (AvgIpc) is 3.44. The van der Waals surface area contributed by atoms with Gasteiger partial charge in [-0.2, -0.15) is 9.78 Å². The van der Waals surface area contributed by atoms with E-state index in [1.807, 2.05) is 53.7 Å². The van der Waals surface area contributed by atoms with Crippen molar-refractivity contribution in [1.29, 1.82) is 0 Å². The van der Waals surface area contributed by atoms with Gasteiger partial charge >= 0.3 is 0 Å². The number of aromatic nitrogens is 5. The zero-order chi connectivity index (χ0) is 27.7. The van der Waals surface area contributed by atoms with Gasteiger partial charge in [-0.3, -0.25) is 9.69 Å². The van der Waals surface area contributed by atoms with Crippen molar-refractivity contribution in [3.05, 3.63) is 40.2 Å². The van der Waals surface area contributed by atoms with Gasteiger partial charge in [-0.25, -0.2) is 10.1 Å². The Kier molecular flexibility index (Phi) is 7.51. The van der Waals surface area contributed by atoms with Crippen LogP contribution >= 0.6 is 0 Å². The van der Waals surface area contributed by atoms with Gasteiger partial charge in [0.1, 0.15) is 11.4 Å². The normalized spacial score (nSPS) is 15.3. The number of nitrogens with one attached hydrogen (secondary N) is 1. The van der Waals surface area contributed by atoms with Crippen LogP contribution in [0.2, 0.25) is 0 Å². The van der Waals surface area contributed by atoms with Crippen molar-refractivity contribution >= 4 is 17.9 Å². The SMILES string of the molecule is CC(C)(C)c1cc(/C=N\NC(=O)c2c(CN3CCOCC3)nnn2-c2nonc2N)cc(C(C)(C)C)c1O. The van der Waals surface area contributed by atoms with Crippen LogP contribution in [0, 0.1) is 0 Å². The number of hydrogen-bond acceptors (Lipinski definition) is 11. The van der Waals surface area contributed by atoms with E-state index < -0.39 is 5.91 Å². The molecule has 0 atom stereocenters. The van der Waals surface area contributed by atoms with E-state index in [1.54, 1.807) is 6.21 Å². The molecule has 0 saturated carbocycles. The van der Waals surface area contributed by atoms with Gasteiger partial charge in [0.15, 0.2) is 5.69 Å². The zero-order valence-electron chi connectivity index (χ0n) is 22.6. The third kappa shape index (κ3) is 5.83. The lowest BCUT2D eigenvalue weighted by molar-refractivity contribution is 0.0335. The van der Waals surface area contributed by atoms with Gasteiger partial charge in [-0.1, -0.05) is 46.8 Å². The fraction of sp³-hybridized carbons (Fsp3) is 0.520. The van der Waals surface area contributed by atoms with Crippen molar-refractivity contribution in [2.75, 3.05) is 32.0 Å². The van der Waals surface area contributed by atoms with Crippen LogP contribution in [0.25, 0.3) is 5.82 Å². The number of ether oxygens (including phenoxy) is 1. The first-order valence-electron chi connectivity index (χ1n) is 12.4. The molecule has 1 aliphatic rings. The van der Waals surface area contributed by atoms with E-state index in [0.29, 0.717) is 38.5 Å². The molecule has 2 aromatic heterocycles. The Morgan fingerprint density at radius 2 is 1.76 bits per heavy atom. The number of carbonyl (C=O) groups excluding carboxylic acids is 1. The second-order valence-corrected chi connectivity index (χ2v) is 11.3. The highest BCUT2D eigenvalue weighted by Gasteiger charge is 2.28. The number of nitrogens with two attached hydrogens (primary N) is 1. The van der Waals surface area contributed by atoms with Crippen molar-refractivity contribution in [3.63, 3.8) is 0 Å². The molecule has 0 spiro atoms. The minimum absolute atomic E-state index is 0.0288. The summed E-state index contributed by atoms with van der Waals surface area (Å²) in [6, 6.07) is 3.75. The maximum Gasteiger partial charge on any atom is 0.292 e. The number of phenols is 1. The van der Waals surface area contributed by atoms with Gasteiger partial charge in [0.2, 0.25) is 11.6 Å². The molecule has 13 nitrogen and oxygen atoms in total. The largest absolute Gasteiger partial charge is 0.507 e. The maximum atomic E-state index is 13.4. The van der Waals surface area contributed by atoms with Crippen molar-refractivity contribution in [2.24, 2.45) is 5.10 Å². The fourth-order valence-corrected chi connectivity index (χ4v) is 4.20. The number of amides is 1. The number of phenolic OH excluding ortho intramolecular Hbond substituents is 1. The number of morpholine rings is 1. The lowest BCUT2D eigenvalue weighted by atomic mass is 9.78. The first-order valence-corrected chi connectivity index (χ1v) is 12.4. The Bertz CT molecular complexity index is 1290. The van der Waals surface area contributed by atoms with Crippen LogP contribution < -0.4 is 11.2 Å². The average molecular weight is 526 g/mol. The number of benzene rings is 1. The van der Waals surface area contributed by atoms with Crippen LogP contribution in [-0.4, -0.2) is 73.7 Å². The van der Waals surface area contributed by atoms with Crippen LogP contribution in [0.4, 0.5) is 5.82 Å². The fourth-order valence-electron chi connectivity index (χ4n) is 4.20. The molecule has 38 heavy (non-hydrogen) atoms. The van der Waals surface area contributed by atoms with Crippen molar-refractivity contribution < 1.29 is 19.3 Å². The molecule has 0 aliphatic carbocycles. The number of hydrazone groups is 1. The quantitative estimate of drug-likeness (QED) is 0.320. The highest BCUT2D eigenvalue weighted by atomic mass is 16.6. The molecule has 1 fully saturated rings. The predicted octanol–water partition coefficient (Wildman–Crippen LogP) is 2.13. The molecule has 0 radical (unpaired) electrons. The van der Waals surface area contributed by atoms with Crippen molar-refractivity contribution in [2.45, 2.75) is 58.9 Å². The summed E-state index contributed by atoms with van der Waals surface area (Å²) in [7, 11) is 0. The summed E-state index contributed by atoms with van der Waals surface area (Å²) >= 11 is 0. The molecule has 1 aliphatic heterocycles. The highest BCUT2D eigenvalue weighted by Crippen LogP contribution is 2.39. The molecular formula is C25H35N9O4. The first-order chi connectivity index (χ1) is 17.9. The Balaban J connectivity index is 1.64. The summed E-state index contributed by atoms with van der Waals surface area (Å²) < 4.78 is 11.3. The minimum atomic E-state index is -0.553. The lowest BCUT2D eigenvalue weighted by Gasteiger charge is -2.27. The molecule has 1 saturated heterocycles. The van der Waals surface area contributed by atoms with Crippen LogP contribution in [0.15, 0.2) is 21.9 Å². The highest BCUT2D eigenvalue weighted by molar-refractivity contribution is 5.95. The number of aromatic hydroxyl groups is 1. The van der Waals surface area contributed by atoms with Gasteiger partial charge in [-0.05, 0) is 38.8 Å². The third-order valence-electron chi connectivity index (χ3n) is 6.26. The molecule has 13 heteroatoms. The summed E-state index contributed by atoms with van der Waals surface area (Å²) in [5.74, 6) is -0.252. The topological polar surface area (TPSA) is 170 Å². The van der Waals surface area contributed by atoms with Crippen LogP contribution in [0.3, 0.4) is 0 Å². The van der Waals surface area contributed by atoms with Gasteiger partial charge in [0.25, 0.3) is 5.91 Å². The molecule has 0 bridgehead atoms. The number of hydrogen-bond donors (Lipinski definition) is 3. The van der Waals surface area contributed by atoms with Crippen LogP contribution in [0.1, 0.15) is 74.4 Å². The van der Waals surface area contributed by atoms with E-state index in [4.69, 9.17) is 15.1 Å². The Hall–Kier alpha value is -3.84. The molecular weight excluding hydrogens is 490 g/mol. The number of anilines is 1. The number of rotatable bonds is 6. The minimum Gasteiger partial charge on any atom is -0.507 e. The van der Waals surface area contributed by atoms with Crippen LogP contribution in [0.5, 0.6) is 5.75 Å². The Morgan fingerprint density at radius 1 is 1.13 bits per heavy atom. The molecule has 4 N–H and O–H groups in total. The zero-order valence-corrected chi connectivity index (χ0v) is 22.6. The third-order valence-corrected chi connectivity index (χ3v) is 6.26. The maximum absolute atomic E-state index is 13.4. The van der Waals surface area contributed by atoms with Crippen LogP contribution in [-0.2, 0) is 22.1 Å². The Morgan fingerprint density at radius 3 is 2.32 bits per heavy atom. The monoisotopic (exact) mass is 525 g/mol. The van der Waals surface area contributed by atoms with E-state index in [1.165, 1.54) is 4.68 Å². The van der Waals surface area contributed by atoms with Gasteiger partial charge < -0.3 is 15.6 Å². The number of carbonyl (C=O) groups is 1. The second kappa shape index (κ2) is 10.5. The van der Waals surface area contributed by atoms with E-state index in [0.717, 1.165) is 16.7 Å². The summed E-state index contributed by atoms with van der Waals surface area (Å²) in [4.78, 5) is 15.5. The number of nitrogen functional groups attached to an aromatic ring is 1. The van der Waals surface area contributed by atoms with Gasteiger partial charge in [0, 0.05) is 30.8 Å². The molecule has 204 valence electrons. The smallest absolute Gasteiger partial charge is 0.292 e. The van der Waals surface area contributed by atoms with E-state index in [-0.39, 0.29) is 33.9 Å². The Labute approximate surface area is 221 Å². The second-order valence-electron chi connectivity index (χ2n) is 11.3.